The Kier molecular flexibility index (Phi) is 2.11. The summed E-state index contributed by atoms with van der Waals surface area (Å²) in [5, 5.41) is 14.0. The van der Waals surface area contributed by atoms with Crippen molar-refractivity contribution >= 4 is 5.97 Å². The van der Waals surface area contributed by atoms with Crippen LogP contribution in [-0.2, 0) is 4.79 Å². The molecule has 0 fully saturated rings. The van der Waals surface area contributed by atoms with Crippen molar-refractivity contribution in [2.45, 2.75) is 12.2 Å². The Labute approximate surface area is 64.3 Å². The Morgan fingerprint density at radius 3 is 2.82 bits per heavy atom. The van der Waals surface area contributed by atoms with Gasteiger partial charge in [0.15, 0.2) is 0 Å². The average Bonchev–Trinajstić information content (AvgIpc) is 2.31. The van der Waals surface area contributed by atoms with Gasteiger partial charge in [-0.25, -0.2) is 4.79 Å². The Hall–Kier alpha value is -1.07. The maximum absolute atomic E-state index is 10.4. The second kappa shape index (κ2) is 2.89. The molecule has 0 aromatic rings. The topological polar surface area (TPSA) is 87.4 Å². The average molecular weight is 157 g/mol. The Balaban J connectivity index is 2.67. The minimum atomic E-state index is -0.974. The van der Waals surface area contributed by atoms with Gasteiger partial charge in [-0.3, -0.25) is 0 Å². The van der Waals surface area contributed by atoms with Gasteiger partial charge in [-0.15, -0.1) is 0 Å². The number of carbonyl (C=O) groups is 1. The lowest BCUT2D eigenvalue weighted by atomic mass is 10.2. The molecule has 0 saturated carbocycles. The molecule has 1 aliphatic rings. The van der Waals surface area contributed by atoms with Gasteiger partial charge in [-0.1, -0.05) is 0 Å². The quantitative estimate of drug-likeness (QED) is 0.389. The highest BCUT2D eigenvalue weighted by atomic mass is 16.4. The molecule has 2 unspecified atom stereocenters. The first kappa shape index (κ1) is 8.03. The smallest absolute Gasteiger partial charge is 0.351 e. The van der Waals surface area contributed by atoms with Crippen molar-refractivity contribution in [1.82, 2.24) is 10.6 Å². The van der Waals surface area contributed by atoms with Crippen LogP contribution in [0, 0.1) is 0 Å². The molecule has 0 aliphatic carbocycles. The zero-order chi connectivity index (χ0) is 8.43. The number of hydrogen-bond donors (Lipinski definition) is 4. The van der Waals surface area contributed by atoms with Crippen LogP contribution in [0.15, 0.2) is 11.8 Å². The highest BCUT2D eigenvalue weighted by molar-refractivity contribution is 5.86. The highest BCUT2D eigenvalue weighted by Gasteiger charge is 2.25. The second-order valence-corrected chi connectivity index (χ2v) is 2.37. The number of carboxylic acid groups (broad SMARTS) is 1. The lowest BCUT2D eigenvalue weighted by Crippen LogP contribution is -2.46. The van der Waals surface area contributed by atoms with E-state index in [2.05, 4.69) is 10.6 Å². The van der Waals surface area contributed by atoms with Gasteiger partial charge in [0.1, 0.15) is 5.70 Å². The molecule has 11 heavy (non-hydrogen) atoms. The normalized spacial score (nSPS) is 29.5. The molecule has 0 saturated heterocycles. The fourth-order valence-corrected chi connectivity index (χ4v) is 0.997. The Morgan fingerprint density at radius 1 is 1.91 bits per heavy atom. The largest absolute Gasteiger partial charge is 0.477 e. The summed E-state index contributed by atoms with van der Waals surface area (Å²) < 4.78 is 0. The van der Waals surface area contributed by atoms with Crippen molar-refractivity contribution in [3.8, 4) is 0 Å². The Morgan fingerprint density at radius 2 is 2.55 bits per heavy atom. The van der Waals surface area contributed by atoms with Gasteiger partial charge in [0.05, 0.1) is 12.2 Å². The van der Waals surface area contributed by atoms with Crippen molar-refractivity contribution in [1.29, 1.82) is 0 Å². The number of hydrogen-bond acceptors (Lipinski definition) is 4. The molecule has 0 amide bonds. The minimum Gasteiger partial charge on any atom is -0.477 e. The van der Waals surface area contributed by atoms with Gasteiger partial charge >= 0.3 is 5.97 Å². The first-order valence-electron chi connectivity index (χ1n) is 3.29. The third-order valence-electron chi connectivity index (χ3n) is 1.62. The van der Waals surface area contributed by atoms with Crippen LogP contribution in [0.1, 0.15) is 0 Å². The van der Waals surface area contributed by atoms with Crippen molar-refractivity contribution in [2.75, 3.05) is 7.05 Å². The summed E-state index contributed by atoms with van der Waals surface area (Å²) in [6, 6.07) is -0.0962. The maximum Gasteiger partial charge on any atom is 0.351 e. The molecule has 0 bridgehead atoms. The molecular formula is C6H11N3O2. The van der Waals surface area contributed by atoms with E-state index in [1.165, 1.54) is 0 Å². The number of rotatable bonds is 2. The second-order valence-electron chi connectivity index (χ2n) is 2.37. The number of carboxylic acids is 1. The molecule has 2 atom stereocenters. The molecule has 0 aromatic carbocycles. The molecule has 5 heteroatoms. The molecule has 5 nitrogen and oxygen atoms in total. The van der Waals surface area contributed by atoms with E-state index in [4.69, 9.17) is 10.8 Å². The van der Waals surface area contributed by atoms with E-state index in [1.807, 2.05) is 0 Å². The first-order chi connectivity index (χ1) is 5.15. The van der Waals surface area contributed by atoms with Crippen molar-refractivity contribution < 1.29 is 9.90 Å². The molecule has 62 valence electrons. The predicted octanol–water partition coefficient (Wildman–Crippen LogP) is -1.57. The predicted molar refractivity (Wildman–Crippen MR) is 39.7 cm³/mol. The number of nitrogens with one attached hydrogen (secondary N) is 2. The summed E-state index contributed by atoms with van der Waals surface area (Å²) in [6.07, 6.45) is 1.22. The van der Waals surface area contributed by atoms with E-state index >= 15 is 0 Å². The molecule has 0 radical (unpaired) electrons. The zero-order valence-electron chi connectivity index (χ0n) is 6.16. The Bertz CT molecular complexity index is 202. The number of nitrogens with two attached hydrogens (primary N) is 1. The molecule has 1 rings (SSSR count). The van der Waals surface area contributed by atoms with Gasteiger partial charge in [-0.05, 0) is 13.1 Å². The van der Waals surface area contributed by atoms with Crippen molar-refractivity contribution in [3.05, 3.63) is 11.8 Å². The van der Waals surface area contributed by atoms with Crippen LogP contribution in [0.3, 0.4) is 0 Å². The fraction of sp³-hybridized carbons (Fsp3) is 0.500. The molecular weight excluding hydrogens is 146 g/mol. The SMILES string of the molecule is CNC1C=C(C(=O)O)NC1N. The highest BCUT2D eigenvalue weighted by Crippen LogP contribution is 2.05. The first-order valence-corrected chi connectivity index (χ1v) is 3.29. The van der Waals surface area contributed by atoms with Crippen LogP contribution < -0.4 is 16.4 Å². The van der Waals surface area contributed by atoms with Crippen LogP contribution in [0.2, 0.25) is 0 Å². The van der Waals surface area contributed by atoms with Crippen LogP contribution >= 0.6 is 0 Å². The molecule has 1 aliphatic heterocycles. The molecule has 1 heterocycles. The third-order valence-corrected chi connectivity index (χ3v) is 1.62. The summed E-state index contributed by atoms with van der Waals surface area (Å²) >= 11 is 0. The lowest BCUT2D eigenvalue weighted by Gasteiger charge is -2.13. The summed E-state index contributed by atoms with van der Waals surface area (Å²) in [4.78, 5) is 10.4. The van der Waals surface area contributed by atoms with E-state index < -0.39 is 5.97 Å². The molecule has 0 spiro atoms. The van der Waals surface area contributed by atoms with Gasteiger partial charge in [0.2, 0.25) is 0 Å². The molecule has 0 aromatic heterocycles. The van der Waals surface area contributed by atoms with Gasteiger partial charge in [0.25, 0.3) is 0 Å². The van der Waals surface area contributed by atoms with E-state index in [1.54, 1.807) is 13.1 Å². The minimum absolute atomic E-state index is 0.0962. The molecule has 5 N–H and O–H groups in total. The van der Waals surface area contributed by atoms with Crippen LogP contribution in [0.4, 0.5) is 0 Å². The van der Waals surface area contributed by atoms with Crippen LogP contribution in [0.5, 0.6) is 0 Å². The summed E-state index contributed by atoms with van der Waals surface area (Å²) in [7, 11) is 1.73. The number of aliphatic carboxylic acids is 1. The van der Waals surface area contributed by atoms with Crippen LogP contribution in [-0.4, -0.2) is 30.3 Å². The van der Waals surface area contributed by atoms with Crippen molar-refractivity contribution in [2.24, 2.45) is 5.73 Å². The zero-order valence-corrected chi connectivity index (χ0v) is 6.16. The summed E-state index contributed by atoms with van der Waals surface area (Å²) in [5.74, 6) is -0.974. The van der Waals surface area contributed by atoms with Gasteiger partial charge in [-0.2, -0.15) is 0 Å². The van der Waals surface area contributed by atoms with E-state index in [0.29, 0.717) is 0 Å². The lowest BCUT2D eigenvalue weighted by molar-refractivity contribution is -0.133. The number of likely N-dealkylation sites (N-methyl/N-ethyl adjacent to an activating group) is 1. The van der Waals surface area contributed by atoms with Gasteiger partial charge < -0.3 is 21.5 Å². The maximum atomic E-state index is 10.4. The van der Waals surface area contributed by atoms with Gasteiger partial charge in [0, 0.05) is 0 Å². The van der Waals surface area contributed by atoms with E-state index in [0.717, 1.165) is 0 Å². The standard InChI is InChI=1S/C6H11N3O2/c1-8-3-2-4(6(10)11)9-5(3)7/h2-3,5,8-9H,7H2,1H3,(H,10,11). The fourth-order valence-electron chi connectivity index (χ4n) is 0.997. The van der Waals surface area contributed by atoms with Crippen molar-refractivity contribution in [3.63, 3.8) is 0 Å². The van der Waals surface area contributed by atoms with E-state index in [9.17, 15) is 4.79 Å². The summed E-state index contributed by atoms with van der Waals surface area (Å²) in [6.45, 7) is 0. The van der Waals surface area contributed by atoms with Crippen LogP contribution in [0.25, 0.3) is 0 Å². The third kappa shape index (κ3) is 1.50. The monoisotopic (exact) mass is 157 g/mol. The van der Waals surface area contributed by atoms with E-state index in [-0.39, 0.29) is 17.9 Å². The summed E-state index contributed by atoms with van der Waals surface area (Å²) in [5.41, 5.74) is 5.69.